The highest BCUT2D eigenvalue weighted by Gasteiger charge is 2.63. The summed E-state index contributed by atoms with van der Waals surface area (Å²) in [6, 6.07) is 9.93. The first kappa shape index (κ1) is 25.3. The number of nitrogens with zero attached hydrogens (tertiary/aromatic N) is 4. The Labute approximate surface area is 204 Å². The van der Waals surface area contributed by atoms with Crippen LogP contribution in [0.3, 0.4) is 0 Å². The number of hydrogen-bond donors (Lipinski definition) is 1. The van der Waals surface area contributed by atoms with E-state index in [0.29, 0.717) is 4.57 Å². The summed E-state index contributed by atoms with van der Waals surface area (Å²) in [6.45, 7) is 0. The van der Waals surface area contributed by atoms with Gasteiger partial charge in [-0.2, -0.15) is 27.2 Å². The van der Waals surface area contributed by atoms with Crippen LogP contribution in [0.25, 0.3) is 5.69 Å². The first-order chi connectivity index (χ1) is 16.9. The zero-order valence-corrected chi connectivity index (χ0v) is 18.8. The molecule has 2 aromatic carbocycles. The predicted octanol–water partition coefficient (Wildman–Crippen LogP) is 5.09. The predicted molar refractivity (Wildman–Crippen MR) is 112 cm³/mol. The first-order valence-corrected chi connectivity index (χ1v) is 10.4. The maximum Gasteiger partial charge on any atom is 0.461 e. The van der Waals surface area contributed by atoms with E-state index in [0.717, 1.165) is 6.07 Å². The molecule has 2 atom stereocenters. The standard InChI is InChI=1S/C22H14ClF5N4O4/c1-35-14-4-2-3-11(17(14)23)18-12-7-10(9-29)5-6-13(12)32-19(15(36-18)8-16(33)34)30-31-20(32)21(24,25)22(26,27)28/h2-7,15,18H,8H2,1H3,(H,33,34). The summed E-state index contributed by atoms with van der Waals surface area (Å²) in [5.74, 6) is -9.09. The minimum absolute atomic E-state index is 0.0193. The average Bonchev–Trinajstić information content (AvgIpc) is 3.22. The van der Waals surface area contributed by atoms with Crippen molar-refractivity contribution in [2.45, 2.75) is 30.7 Å². The molecule has 188 valence electrons. The number of aromatic nitrogens is 3. The van der Waals surface area contributed by atoms with Crippen LogP contribution in [0.4, 0.5) is 22.0 Å². The van der Waals surface area contributed by atoms with Crippen LogP contribution in [-0.4, -0.2) is 39.1 Å². The zero-order chi connectivity index (χ0) is 26.4. The van der Waals surface area contributed by atoms with Crippen molar-refractivity contribution in [1.82, 2.24) is 14.8 Å². The van der Waals surface area contributed by atoms with Gasteiger partial charge in [-0.3, -0.25) is 9.36 Å². The third-order valence-corrected chi connectivity index (χ3v) is 5.85. The van der Waals surface area contributed by atoms with Gasteiger partial charge in [0.2, 0.25) is 5.82 Å². The second-order valence-corrected chi connectivity index (χ2v) is 8.02. The Hall–Kier alpha value is -3.76. The molecule has 4 rings (SSSR count). The molecule has 0 fully saturated rings. The molecule has 1 aromatic heterocycles. The Balaban J connectivity index is 2.07. The highest BCUT2D eigenvalue weighted by Crippen LogP contribution is 2.48. The number of methoxy groups -OCH3 is 1. The smallest absolute Gasteiger partial charge is 0.461 e. The van der Waals surface area contributed by atoms with Gasteiger partial charge in [0.25, 0.3) is 0 Å². The minimum atomic E-state index is -6.03. The highest BCUT2D eigenvalue weighted by molar-refractivity contribution is 6.32. The fraction of sp³-hybridized carbons (Fsp3) is 0.273. The molecule has 14 heteroatoms. The van der Waals surface area contributed by atoms with E-state index in [2.05, 4.69) is 10.2 Å². The van der Waals surface area contributed by atoms with Crippen LogP contribution in [0, 0.1) is 11.3 Å². The molecular weight excluding hydrogens is 515 g/mol. The highest BCUT2D eigenvalue weighted by atomic mass is 35.5. The topological polar surface area (TPSA) is 110 Å². The van der Waals surface area contributed by atoms with Crippen molar-refractivity contribution in [3.05, 3.63) is 69.8 Å². The van der Waals surface area contributed by atoms with E-state index in [1.807, 2.05) is 6.07 Å². The summed E-state index contributed by atoms with van der Waals surface area (Å²) in [4.78, 5) is 11.6. The average molecular weight is 529 g/mol. The molecule has 0 amide bonds. The number of aliphatic carboxylic acids is 1. The molecule has 1 aliphatic rings. The molecule has 36 heavy (non-hydrogen) atoms. The fourth-order valence-electron chi connectivity index (χ4n) is 3.84. The van der Waals surface area contributed by atoms with Crippen molar-refractivity contribution in [1.29, 1.82) is 5.26 Å². The molecule has 2 unspecified atom stereocenters. The third kappa shape index (κ3) is 4.12. The maximum atomic E-state index is 14.5. The van der Waals surface area contributed by atoms with Crippen molar-refractivity contribution in [3.63, 3.8) is 0 Å². The van der Waals surface area contributed by atoms with Crippen LogP contribution in [0.1, 0.15) is 47.0 Å². The Kier molecular flexibility index (Phi) is 6.36. The van der Waals surface area contributed by atoms with E-state index >= 15 is 0 Å². The largest absolute Gasteiger partial charge is 0.495 e. The molecule has 1 N–H and O–H groups in total. The molecule has 8 nitrogen and oxygen atoms in total. The Morgan fingerprint density at radius 1 is 1.22 bits per heavy atom. The summed E-state index contributed by atoms with van der Waals surface area (Å²) in [7, 11) is 1.33. The van der Waals surface area contributed by atoms with Gasteiger partial charge in [0.1, 0.15) is 18.0 Å². The zero-order valence-electron chi connectivity index (χ0n) is 18.1. The number of nitriles is 1. The van der Waals surface area contributed by atoms with E-state index in [1.165, 1.54) is 37.4 Å². The number of benzene rings is 2. The van der Waals surface area contributed by atoms with Crippen LogP contribution in [0.15, 0.2) is 36.4 Å². The maximum absolute atomic E-state index is 14.5. The molecule has 0 saturated carbocycles. The van der Waals surface area contributed by atoms with Gasteiger partial charge >= 0.3 is 18.1 Å². The van der Waals surface area contributed by atoms with Crippen LogP contribution in [0.5, 0.6) is 5.75 Å². The Morgan fingerprint density at radius 2 is 1.94 bits per heavy atom. The normalized spacial score (nSPS) is 17.5. The lowest BCUT2D eigenvalue weighted by atomic mass is 9.97. The van der Waals surface area contributed by atoms with Crippen LogP contribution in [0.2, 0.25) is 5.02 Å². The molecule has 0 bridgehead atoms. The quantitative estimate of drug-likeness (QED) is 0.459. The summed E-state index contributed by atoms with van der Waals surface area (Å²) < 4.78 is 80.6. The number of alkyl halides is 5. The van der Waals surface area contributed by atoms with Crippen molar-refractivity contribution in [3.8, 4) is 17.5 Å². The van der Waals surface area contributed by atoms with Gasteiger partial charge < -0.3 is 14.6 Å². The third-order valence-electron chi connectivity index (χ3n) is 5.45. The summed E-state index contributed by atoms with van der Waals surface area (Å²) in [5, 5.41) is 25.4. The number of fused-ring (bicyclic) bond motifs is 3. The second-order valence-electron chi connectivity index (χ2n) is 7.64. The molecule has 0 spiro atoms. The van der Waals surface area contributed by atoms with Crippen LogP contribution >= 0.6 is 11.6 Å². The van der Waals surface area contributed by atoms with Gasteiger partial charge in [-0.05, 0) is 24.3 Å². The van der Waals surface area contributed by atoms with Crippen LogP contribution < -0.4 is 4.74 Å². The lowest BCUT2D eigenvalue weighted by Gasteiger charge is -2.23. The van der Waals surface area contributed by atoms with Gasteiger partial charge in [-0.1, -0.05) is 23.7 Å². The number of carboxylic acids is 1. The minimum Gasteiger partial charge on any atom is -0.495 e. The van der Waals surface area contributed by atoms with Gasteiger partial charge in [-0.15, -0.1) is 10.2 Å². The number of carbonyl (C=O) groups is 1. The van der Waals surface area contributed by atoms with E-state index in [9.17, 15) is 37.1 Å². The molecular formula is C22H14ClF5N4O4. The van der Waals surface area contributed by atoms with Gasteiger partial charge in [0.15, 0.2) is 5.82 Å². The van der Waals surface area contributed by atoms with Crippen molar-refractivity contribution in [2.75, 3.05) is 7.11 Å². The lowest BCUT2D eigenvalue weighted by molar-refractivity contribution is -0.293. The SMILES string of the molecule is COc1cccc(C2OC(CC(=O)O)c3nnc(C(F)(F)C(F)(F)F)n3-c3ccc(C#N)cc32)c1Cl. The first-order valence-electron chi connectivity index (χ1n) is 10.0. The van der Waals surface area contributed by atoms with E-state index in [1.54, 1.807) is 0 Å². The Bertz CT molecular complexity index is 1390. The summed E-state index contributed by atoms with van der Waals surface area (Å²) in [6.07, 6.45) is -9.83. The van der Waals surface area contributed by atoms with Crippen molar-refractivity contribution >= 4 is 17.6 Å². The lowest BCUT2D eigenvalue weighted by Crippen LogP contribution is -2.36. The number of ether oxygens (including phenoxy) is 2. The second kappa shape index (κ2) is 9.03. The fourth-order valence-corrected chi connectivity index (χ4v) is 4.14. The molecule has 2 heterocycles. The van der Waals surface area contributed by atoms with E-state index < -0.39 is 48.3 Å². The number of hydrogen-bond acceptors (Lipinski definition) is 6. The molecule has 0 aliphatic carbocycles. The summed E-state index contributed by atoms with van der Waals surface area (Å²) in [5.41, 5.74) is -0.107. The van der Waals surface area contributed by atoms with Gasteiger partial charge in [-0.25, -0.2) is 0 Å². The van der Waals surface area contributed by atoms with Crippen molar-refractivity contribution < 1.29 is 41.3 Å². The number of halogens is 6. The van der Waals surface area contributed by atoms with Crippen LogP contribution in [-0.2, 0) is 15.5 Å². The van der Waals surface area contributed by atoms with Gasteiger partial charge in [0, 0.05) is 11.1 Å². The Morgan fingerprint density at radius 3 is 2.56 bits per heavy atom. The van der Waals surface area contributed by atoms with Gasteiger partial charge in [0.05, 0.1) is 35.9 Å². The van der Waals surface area contributed by atoms with E-state index in [4.69, 9.17) is 21.1 Å². The monoisotopic (exact) mass is 528 g/mol. The summed E-state index contributed by atoms with van der Waals surface area (Å²) >= 11 is 6.45. The number of rotatable bonds is 5. The molecule has 0 radical (unpaired) electrons. The molecule has 0 saturated heterocycles. The molecule has 1 aliphatic heterocycles. The van der Waals surface area contributed by atoms with Crippen molar-refractivity contribution in [2.24, 2.45) is 0 Å². The van der Waals surface area contributed by atoms with E-state index in [-0.39, 0.29) is 33.1 Å². The number of carboxylic acid groups (broad SMARTS) is 1. The molecule has 3 aromatic rings.